The Morgan fingerprint density at radius 1 is 0.949 bits per heavy atom. The molecule has 0 saturated heterocycles. The number of rotatable bonds is 9. The molecular formula is C29H33ClFN3O4S. The van der Waals surface area contributed by atoms with Crippen LogP contribution < -0.4 is 9.62 Å². The summed E-state index contributed by atoms with van der Waals surface area (Å²) in [5.41, 5.74) is 1.15. The maximum Gasteiger partial charge on any atom is 0.264 e. The zero-order valence-corrected chi connectivity index (χ0v) is 24.2. The summed E-state index contributed by atoms with van der Waals surface area (Å²) in [4.78, 5) is 28.2. The van der Waals surface area contributed by atoms with Crippen molar-refractivity contribution in [2.45, 2.75) is 57.6 Å². The van der Waals surface area contributed by atoms with E-state index < -0.39 is 45.8 Å². The maximum absolute atomic E-state index is 13.8. The first kappa shape index (κ1) is 30.1. The molecule has 7 nitrogen and oxygen atoms in total. The molecule has 1 N–H and O–H groups in total. The third-order valence-corrected chi connectivity index (χ3v) is 7.97. The van der Waals surface area contributed by atoms with Crippen molar-refractivity contribution >= 4 is 39.1 Å². The van der Waals surface area contributed by atoms with Crippen LogP contribution in [0.2, 0.25) is 5.02 Å². The SMILES string of the molecule is Cc1ccc(S(=O)(=O)N(CC(=O)N(Cc2ccc(F)cc2)[C@@H](C)C(=O)NC(C)(C)C)c2ccc(Cl)cc2)cc1. The number of halogens is 2. The van der Waals surface area contributed by atoms with Crippen molar-refractivity contribution in [1.82, 2.24) is 10.2 Å². The lowest BCUT2D eigenvalue weighted by Gasteiger charge is -2.33. The molecule has 0 fully saturated rings. The van der Waals surface area contributed by atoms with Gasteiger partial charge in [0.15, 0.2) is 0 Å². The molecule has 0 unspecified atom stereocenters. The van der Waals surface area contributed by atoms with Gasteiger partial charge in [-0.1, -0.05) is 41.4 Å². The number of amides is 2. The van der Waals surface area contributed by atoms with Gasteiger partial charge in [-0.2, -0.15) is 0 Å². The number of hydrogen-bond acceptors (Lipinski definition) is 4. The van der Waals surface area contributed by atoms with E-state index in [0.29, 0.717) is 10.6 Å². The maximum atomic E-state index is 13.8. The molecule has 1 atom stereocenters. The zero-order valence-electron chi connectivity index (χ0n) is 22.6. The molecule has 208 valence electrons. The fourth-order valence-corrected chi connectivity index (χ4v) is 5.36. The van der Waals surface area contributed by atoms with Crippen LogP contribution >= 0.6 is 11.6 Å². The van der Waals surface area contributed by atoms with Gasteiger partial charge >= 0.3 is 0 Å². The monoisotopic (exact) mass is 573 g/mol. The minimum atomic E-state index is -4.17. The van der Waals surface area contributed by atoms with Gasteiger partial charge in [0.05, 0.1) is 10.6 Å². The molecule has 0 aromatic heterocycles. The van der Waals surface area contributed by atoms with Gasteiger partial charge in [-0.05, 0) is 88.7 Å². The first-order valence-corrected chi connectivity index (χ1v) is 14.2. The quantitative estimate of drug-likeness (QED) is 0.376. The van der Waals surface area contributed by atoms with E-state index in [-0.39, 0.29) is 17.1 Å². The van der Waals surface area contributed by atoms with Crippen LogP contribution in [0.15, 0.2) is 77.7 Å². The van der Waals surface area contributed by atoms with Crippen LogP contribution in [0.1, 0.15) is 38.8 Å². The Balaban J connectivity index is 2.02. The molecule has 3 aromatic carbocycles. The van der Waals surface area contributed by atoms with Gasteiger partial charge in [0.1, 0.15) is 18.4 Å². The lowest BCUT2D eigenvalue weighted by molar-refractivity contribution is -0.140. The van der Waals surface area contributed by atoms with Crippen LogP contribution in [-0.4, -0.2) is 43.3 Å². The second kappa shape index (κ2) is 12.2. The third kappa shape index (κ3) is 8.03. The van der Waals surface area contributed by atoms with Gasteiger partial charge in [-0.3, -0.25) is 13.9 Å². The second-order valence-corrected chi connectivity index (χ2v) is 12.7. The predicted octanol–water partition coefficient (Wildman–Crippen LogP) is 5.31. The average Bonchev–Trinajstić information content (AvgIpc) is 2.86. The molecule has 0 saturated carbocycles. The largest absolute Gasteiger partial charge is 0.350 e. The number of sulfonamides is 1. The number of carbonyl (C=O) groups is 2. The highest BCUT2D eigenvalue weighted by molar-refractivity contribution is 7.92. The van der Waals surface area contributed by atoms with E-state index in [1.54, 1.807) is 19.1 Å². The Hall–Kier alpha value is -3.43. The van der Waals surface area contributed by atoms with Gasteiger partial charge < -0.3 is 10.2 Å². The Kier molecular flexibility index (Phi) is 9.40. The molecule has 0 aliphatic heterocycles. The number of benzene rings is 3. The van der Waals surface area contributed by atoms with E-state index in [9.17, 15) is 22.4 Å². The van der Waals surface area contributed by atoms with E-state index in [1.165, 1.54) is 65.6 Å². The predicted molar refractivity (Wildman–Crippen MR) is 151 cm³/mol. The van der Waals surface area contributed by atoms with Crippen molar-refractivity contribution in [2.75, 3.05) is 10.8 Å². The van der Waals surface area contributed by atoms with Crippen LogP contribution in [0.25, 0.3) is 0 Å². The standard InChI is InChI=1S/C29H33ClFN3O4S/c1-20-6-16-26(17-7-20)39(37,38)34(25-14-10-23(30)11-15-25)19-27(35)33(18-22-8-12-24(31)13-9-22)21(2)28(36)32-29(3,4)5/h6-17,21H,18-19H2,1-5H3,(H,32,36)/t21-/m0/s1. The molecule has 0 heterocycles. The fraction of sp³-hybridized carbons (Fsp3) is 0.310. The van der Waals surface area contributed by atoms with Crippen molar-refractivity contribution in [1.29, 1.82) is 0 Å². The van der Waals surface area contributed by atoms with Gasteiger partial charge in [0.2, 0.25) is 11.8 Å². The molecular weight excluding hydrogens is 541 g/mol. The van der Waals surface area contributed by atoms with Gasteiger partial charge in [-0.15, -0.1) is 0 Å². The number of aryl methyl sites for hydroxylation is 1. The summed E-state index contributed by atoms with van der Waals surface area (Å²) in [6.45, 7) is 8.27. The number of carbonyl (C=O) groups excluding carboxylic acids is 2. The minimum absolute atomic E-state index is 0.0134. The molecule has 2 amide bonds. The number of nitrogens with one attached hydrogen (secondary N) is 1. The average molecular weight is 574 g/mol. The minimum Gasteiger partial charge on any atom is -0.350 e. The smallest absolute Gasteiger partial charge is 0.264 e. The molecule has 0 radical (unpaired) electrons. The van der Waals surface area contributed by atoms with Gasteiger partial charge in [0.25, 0.3) is 10.0 Å². The highest BCUT2D eigenvalue weighted by Crippen LogP contribution is 2.26. The number of anilines is 1. The zero-order chi connectivity index (χ0) is 29.0. The number of hydrogen-bond donors (Lipinski definition) is 1. The van der Waals surface area contributed by atoms with Crippen molar-refractivity contribution in [3.8, 4) is 0 Å². The number of nitrogens with zero attached hydrogens (tertiary/aromatic N) is 2. The summed E-state index contributed by atoms with van der Waals surface area (Å²) in [6.07, 6.45) is 0. The second-order valence-electron chi connectivity index (χ2n) is 10.4. The lowest BCUT2D eigenvalue weighted by atomic mass is 10.1. The highest BCUT2D eigenvalue weighted by atomic mass is 35.5. The Morgan fingerprint density at radius 3 is 2.05 bits per heavy atom. The normalized spacial score (nSPS) is 12.5. The van der Waals surface area contributed by atoms with Gasteiger partial charge in [-0.25, -0.2) is 12.8 Å². The summed E-state index contributed by atoms with van der Waals surface area (Å²) >= 11 is 6.04. The van der Waals surface area contributed by atoms with E-state index in [4.69, 9.17) is 11.6 Å². The Labute approximate surface area is 234 Å². The van der Waals surface area contributed by atoms with Crippen molar-refractivity contribution in [2.24, 2.45) is 0 Å². The molecule has 0 spiro atoms. The van der Waals surface area contributed by atoms with Crippen LogP contribution in [0.5, 0.6) is 0 Å². The first-order valence-electron chi connectivity index (χ1n) is 12.4. The summed E-state index contributed by atoms with van der Waals surface area (Å²) in [6, 6.07) is 17.0. The summed E-state index contributed by atoms with van der Waals surface area (Å²) in [5.74, 6) is -1.45. The van der Waals surface area contributed by atoms with Crippen molar-refractivity contribution in [3.05, 3.63) is 94.8 Å². The van der Waals surface area contributed by atoms with Crippen LogP contribution in [0.3, 0.4) is 0 Å². The Bertz CT molecular complexity index is 1400. The fourth-order valence-electron chi connectivity index (χ4n) is 3.82. The molecule has 3 rings (SSSR count). The molecule has 39 heavy (non-hydrogen) atoms. The summed E-state index contributed by atoms with van der Waals surface area (Å²) in [7, 11) is -4.17. The lowest BCUT2D eigenvalue weighted by Crippen LogP contribution is -2.54. The molecule has 10 heteroatoms. The Morgan fingerprint density at radius 2 is 1.51 bits per heavy atom. The highest BCUT2D eigenvalue weighted by Gasteiger charge is 2.33. The van der Waals surface area contributed by atoms with Gasteiger partial charge in [0, 0.05) is 17.1 Å². The van der Waals surface area contributed by atoms with Crippen LogP contribution in [0, 0.1) is 12.7 Å². The van der Waals surface area contributed by atoms with E-state index in [2.05, 4.69) is 5.32 Å². The molecule has 0 aliphatic rings. The van der Waals surface area contributed by atoms with E-state index in [1.807, 2.05) is 27.7 Å². The summed E-state index contributed by atoms with van der Waals surface area (Å²) in [5, 5.41) is 3.27. The van der Waals surface area contributed by atoms with Crippen LogP contribution in [0.4, 0.5) is 10.1 Å². The molecule has 0 aliphatic carbocycles. The topological polar surface area (TPSA) is 86.8 Å². The van der Waals surface area contributed by atoms with Crippen molar-refractivity contribution in [3.63, 3.8) is 0 Å². The summed E-state index contributed by atoms with van der Waals surface area (Å²) < 4.78 is 42.1. The van der Waals surface area contributed by atoms with E-state index in [0.717, 1.165) is 9.87 Å². The van der Waals surface area contributed by atoms with Crippen LogP contribution in [-0.2, 0) is 26.2 Å². The van der Waals surface area contributed by atoms with E-state index >= 15 is 0 Å². The van der Waals surface area contributed by atoms with Crippen molar-refractivity contribution < 1.29 is 22.4 Å². The molecule has 0 bridgehead atoms. The third-order valence-electron chi connectivity index (χ3n) is 5.93. The molecule has 3 aromatic rings. The first-order chi connectivity index (χ1) is 18.2.